The van der Waals surface area contributed by atoms with E-state index in [0.29, 0.717) is 26.1 Å². The van der Waals surface area contributed by atoms with Gasteiger partial charge >= 0.3 is 5.97 Å². The lowest BCUT2D eigenvalue weighted by Crippen LogP contribution is -2.34. The summed E-state index contributed by atoms with van der Waals surface area (Å²) in [7, 11) is -3.17. The average Bonchev–Trinajstić information content (AvgIpc) is 2.73. The Morgan fingerprint density at radius 3 is 2.38 bits per heavy atom. The maximum atomic E-state index is 12.1. The fraction of sp³-hybridized carbons (Fsp3) is 0.846. The summed E-state index contributed by atoms with van der Waals surface area (Å²) in [6.07, 6.45) is 1.89. The van der Waals surface area contributed by atoms with Crippen LogP contribution >= 0.6 is 0 Å². The van der Waals surface area contributed by atoms with E-state index in [-0.39, 0.29) is 11.8 Å². The number of carbonyl (C=O) groups is 2. The zero-order chi connectivity index (χ0) is 16.0. The second kappa shape index (κ2) is 5.24. The predicted molar refractivity (Wildman–Crippen MR) is 75.9 cm³/mol. The van der Waals surface area contributed by atoms with E-state index in [4.69, 9.17) is 5.11 Å². The van der Waals surface area contributed by atoms with Crippen LogP contribution in [0.15, 0.2) is 0 Å². The lowest BCUT2D eigenvalue weighted by molar-refractivity contribution is -0.140. The molecular weight excluding hydrogens is 296 g/mol. The Bertz CT molecular complexity index is 557. The maximum Gasteiger partial charge on any atom is 0.307 e. The van der Waals surface area contributed by atoms with E-state index in [2.05, 4.69) is 5.32 Å². The minimum atomic E-state index is -3.17. The third-order valence-electron chi connectivity index (χ3n) is 4.66. The highest BCUT2D eigenvalue weighted by Gasteiger charge is 2.65. The van der Waals surface area contributed by atoms with Crippen LogP contribution in [0.5, 0.6) is 0 Å². The molecule has 0 bridgehead atoms. The van der Waals surface area contributed by atoms with Crippen LogP contribution in [-0.4, -0.2) is 55.6 Å². The van der Waals surface area contributed by atoms with Crippen LogP contribution in [0.25, 0.3) is 0 Å². The van der Waals surface area contributed by atoms with Gasteiger partial charge in [0, 0.05) is 19.6 Å². The van der Waals surface area contributed by atoms with Crippen molar-refractivity contribution in [3.05, 3.63) is 0 Å². The van der Waals surface area contributed by atoms with E-state index in [9.17, 15) is 18.0 Å². The van der Waals surface area contributed by atoms with E-state index < -0.39 is 33.2 Å². The van der Waals surface area contributed by atoms with E-state index in [1.54, 1.807) is 13.8 Å². The number of sulfonamides is 1. The van der Waals surface area contributed by atoms with Crippen LogP contribution in [0.3, 0.4) is 0 Å². The molecule has 0 aromatic heterocycles. The highest BCUT2D eigenvalue weighted by molar-refractivity contribution is 7.88. The Labute approximate surface area is 124 Å². The summed E-state index contributed by atoms with van der Waals surface area (Å²) in [6.45, 7) is 4.83. The Morgan fingerprint density at radius 2 is 1.95 bits per heavy atom. The van der Waals surface area contributed by atoms with Crippen LogP contribution in [0.2, 0.25) is 0 Å². The molecule has 8 heteroatoms. The lowest BCUT2D eigenvalue weighted by atomic mass is 10.1. The van der Waals surface area contributed by atoms with Crippen molar-refractivity contribution in [1.29, 1.82) is 0 Å². The van der Waals surface area contributed by atoms with Gasteiger partial charge in [-0.15, -0.1) is 0 Å². The van der Waals surface area contributed by atoms with E-state index in [1.165, 1.54) is 10.6 Å². The first-order valence-electron chi connectivity index (χ1n) is 7.00. The predicted octanol–water partition coefficient (Wildman–Crippen LogP) is -0.259. The molecule has 1 amide bonds. The van der Waals surface area contributed by atoms with Gasteiger partial charge in [-0.3, -0.25) is 9.59 Å². The smallest absolute Gasteiger partial charge is 0.307 e. The molecule has 1 unspecified atom stereocenters. The zero-order valence-corrected chi connectivity index (χ0v) is 13.3. The number of hydrogen-bond donors (Lipinski definition) is 2. The van der Waals surface area contributed by atoms with Crippen LogP contribution < -0.4 is 5.32 Å². The fourth-order valence-electron chi connectivity index (χ4n) is 3.21. The van der Waals surface area contributed by atoms with Gasteiger partial charge < -0.3 is 10.4 Å². The molecule has 2 aliphatic rings. The molecule has 2 rings (SSSR count). The molecule has 0 aromatic rings. The number of rotatable bonds is 5. The van der Waals surface area contributed by atoms with E-state index in [1.807, 2.05) is 0 Å². The molecule has 1 saturated carbocycles. The SMILES string of the molecule is CC1(C)[C@H](C(=O)O)[C@@H]1C(=O)NCC1CCN(S(C)(=O)=O)C1. The van der Waals surface area contributed by atoms with Crippen molar-refractivity contribution in [3.8, 4) is 0 Å². The molecular formula is C13H22N2O5S. The summed E-state index contributed by atoms with van der Waals surface area (Å²) in [5.41, 5.74) is -0.510. The van der Waals surface area contributed by atoms with Crippen LogP contribution in [-0.2, 0) is 19.6 Å². The third kappa shape index (κ3) is 3.21. The van der Waals surface area contributed by atoms with Crippen LogP contribution in [0.4, 0.5) is 0 Å². The van der Waals surface area contributed by atoms with Gasteiger partial charge in [-0.2, -0.15) is 0 Å². The van der Waals surface area contributed by atoms with E-state index in [0.717, 1.165) is 0 Å². The molecule has 0 spiro atoms. The molecule has 1 aliphatic heterocycles. The molecule has 0 aromatic carbocycles. The van der Waals surface area contributed by atoms with Crippen molar-refractivity contribution in [2.24, 2.45) is 23.2 Å². The summed E-state index contributed by atoms with van der Waals surface area (Å²) in [5, 5.41) is 11.8. The number of nitrogens with one attached hydrogen (secondary N) is 1. The highest BCUT2D eigenvalue weighted by Crippen LogP contribution is 2.58. The van der Waals surface area contributed by atoms with Gasteiger partial charge in [-0.1, -0.05) is 13.8 Å². The number of carboxylic acids is 1. The zero-order valence-electron chi connectivity index (χ0n) is 12.5. The first kappa shape index (κ1) is 16.2. The molecule has 1 aliphatic carbocycles. The first-order chi connectivity index (χ1) is 9.55. The maximum absolute atomic E-state index is 12.1. The van der Waals surface area contributed by atoms with Gasteiger partial charge in [0.2, 0.25) is 15.9 Å². The number of aliphatic carboxylic acids is 1. The summed E-state index contributed by atoms with van der Waals surface area (Å²) in [4.78, 5) is 23.1. The van der Waals surface area contributed by atoms with Gasteiger partial charge in [-0.25, -0.2) is 12.7 Å². The average molecular weight is 318 g/mol. The van der Waals surface area contributed by atoms with E-state index >= 15 is 0 Å². The fourth-order valence-corrected chi connectivity index (χ4v) is 4.13. The normalized spacial score (nSPS) is 31.9. The number of hydrogen-bond acceptors (Lipinski definition) is 4. The molecule has 2 fully saturated rings. The quantitative estimate of drug-likeness (QED) is 0.727. The molecule has 1 heterocycles. The highest BCUT2D eigenvalue weighted by atomic mass is 32.2. The number of amides is 1. The largest absolute Gasteiger partial charge is 0.481 e. The lowest BCUT2D eigenvalue weighted by Gasteiger charge is -2.14. The van der Waals surface area contributed by atoms with Crippen molar-refractivity contribution >= 4 is 21.9 Å². The molecule has 0 radical (unpaired) electrons. The summed E-state index contributed by atoms with van der Waals surface area (Å²) < 4.78 is 24.2. The molecule has 2 N–H and O–H groups in total. The van der Waals surface area contributed by atoms with Crippen molar-refractivity contribution in [1.82, 2.24) is 9.62 Å². The van der Waals surface area contributed by atoms with Gasteiger partial charge in [0.15, 0.2) is 0 Å². The summed E-state index contributed by atoms with van der Waals surface area (Å²) in [6, 6.07) is 0. The van der Waals surface area contributed by atoms with Crippen LogP contribution in [0.1, 0.15) is 20.3 Å². The summed E-state index contributed by atoms with van der Waals surface area (Å²) >= 11 is 0. The van der Waals surface area contributed by atoms with Gasteiger partial charge in [0.05, 0.1) is 18.1 Å². The van der Waals surface area contributed by atoms with Crippen LogP contribution in [0, 0.1) is 23.2 Å². The topological polar surface area (TPSA) is 104 Å². The Morgan fingerprint density at radius 1 is 1.33 bits per heavy atom. The van der Waals surface area contributed by atoms with Crippen molar-refractivity contribution in [3.63, 3.8) is 0 Å². The van der Waals surface area contributed by atoms with Crippen molar-refractivity contribution in [2.75, 3.05) is 25.9 Å². The molecule has 120 valence electrons. The van der Waals surface area contributed by atoms with Gasteiger partial charge in [-0.05, 0) is 17.8 Å². The Hall–Kier alpha value is -1.15. The van der Waals surface area contributed by atoms with Gasteiger partial charge in [0.1, 0.15) is 0 Å². The second-order valence-corrected chi connectivity index (χ2v) is 8.62. The number of nitrogens with zero attached hydrogens (tertiary/aromatic N) is 1. The number of carbonyl (C=O) groups excluding carboxylic acids is 1. The van der Waals surface area contributed by atoms with Crippen molar-refractivity contribution in [2.45, 2.75) is 20.3 Å². The minimum Gasteiger partial charge on any atom is -0.481 e. The standard InChI is InChI=1S/C13H22N2O5S/c1-13(2)9(10(13)12(17)18)11(16)14-6-8-4-5-15(7-8)21(3,19)20/h8-10H,4-7H2,1-3H3,(H,14,16)(H,17,18)/t8?,9-,10+/m1/s1. The number of carboxylic acid groups (broad SMARTS) is 1. The molecule has 21 heavy (non-hydrogen) atoms. The molecule has 1 saturated heterocycles. The third-order valence-corrected chi connectivity index (χ3v) is 5.93. The van der Waals surface area contributed by atoms with Crippen molar-refractivity contribution < 1.29 is 23.1 Å². The molecule has 7 nitrogen and oxygen atoms in total. The monoisotopic (exact) mass is 318 g/mol. The Kier molecular flexibility index (Phi) is 4.05. The minimum absolute atomic E-state index is 0.0915. The van der Waals surface area contributed by atoms with Gasteiger partial charge in [0.25, 0.3) is 0 Å². The first-order valence-corrected chi connectivity index (χ1v) is 8.85. The Balaban J connectivity index is 1.83. The molecule has 3 atom stereocenters. The second-order valence-electron chi connectivity index (χ2n) is 6.64. The summed E-state index contributed by atoms with van der Waals surface area (Å²) in [5.74, 6) is -2.22.